The molecule has 0 unspecified atom stereocenters. The number of aryl methyl sites for hydroxylation is 1. The highest BCUT2D eigenvalue weighted by Crippen LogP contribution is 2.23. The number of hydrogen-bond acceptors (Lipinski definition) is 1. The first-order valence-corrected chi connectivity index (χ1v) is 6.63. The molecule has 0 bridgehead atoms. The first-order chi connectivity index (χ1) is 8.61. The molecule has 1 aromatic rings. The molecule has 18 heavy (non-hydrogen) atoms. The molecular weight excluding hydrogens is 229 g/mol. The molecule has 0 N–H and O–H groups in total. The highest BCUT2D eigenvalue weighted by Gasteiger charge is 2.24. The molecule has 0 saturated heterocycles. The molecule has 0 atom stereocenters. The average molecular weight is 249 g/mol. The number of benzene rings is 1. The van der Waals surface area contributed by atoms with E-state index in [1.165, 1.54) is 19.3 Å². The van der Waals surface area contributed by atoms with Crippen LogP contribution in [0.15, 0.2) is 18.2 Å². The van der Waals surface area contributed by atoms with E-state index in [2.05, 4.69) is 0 Å². The summed E-state index contributed by atoms with van der Waals surface area (Å²) in [6.07, 6.45) is 5.65. The zero-order chi connectivity index (χ0) is 13.1. The summed E-state index contributed by atoms with van der Waals surface area (Å²) in [5.74, 6) is -0.576. The highest BCUT2D eigenvalue weighted by molar-refractivity contribution is 5.94. The Morgan fingerprint density at radius 1 is 1.28 bits per heavy atom. The van der Waals surface area contributed by atoms with Crippen LogP contribution in [0.4, 0.5) is 4.39 Å². The molecule has 1 aliphatic rings. The van der Waals surface area contributed by atoms with Crippen LogP contribution >= 0.6 is 0 Å². The van der Waals surface area contributed by atoms with Gasteiger partial charge in [-0.3, -0.25) is 4.79 Å². The molecule has 1 fully saturated rings. The molecule has 0 spiro atoms. The molecule has 1 amide bonds. The molecule has 98 valence electrons. The van der Waals surface area contributed by atoms with Crippen molar-refractivity contribution < 1.29 is 9.18 Å². The topological polar surface area (TPSA) is 20.3 Å². The predicted octanol–water partition coefficient (Wildman–Crippen LogP) is 3.54. The number of rotatable bonds is 2. The van der Waals surface area contributed by atoms with Gasteiger partial charge in [0.15, 0.2) is 0 Å². The number of carbonyl (C=O) groups is 1. The largest absolute Gasteiger partial charge is 0.339 e. The molecule has 0 radical (unpaired) electrons. The first-order valence-electron chi connectivity index (χ1n) is 6.63. The molecule has 1 saturated carbocycles. The number of carbonyl (C=O) groups excluding carboxylic acids is 1. The van der Waals surface area contributed by atoms with Crippen molar-refractivity contribution in [3.05, 3.63) is 35.1 Å². The smallest absolute Gasteiger partial charge is 0.256 e. The summed E-state index contributed by atoms with van der Waals surface area (Å²) in [4.78, 5) is 14.0. The van der Waals surface area contributed by atoms with Crippen molar-refractivity contribution in [2.75, 3.05) is 7.05 Å². The van der Waals surface area contributed by atoms with Crippen LogP contribution in [0.1, 0.15) is 48.0 Å². The minimum absolute atomic E-state index is 0.192. The maximum Gasteiger partial charge on any atom is 0.256 e. The summed E-state index contributed by atoms with van der Waals surface area (Å²) in [7, 11) is 1.79. The van der Waals surface area contributed by atoms with Crippen LogP contribution in [0.5, 0.6) is 0 Å². The summed E-state index contributed by atoms with van der Waals surface area (Å²) < 4.78 is 13.9. The normalized spacial score (nSPS) is 16.6. The Kier molecular flexibility index (Phi) is 4.00. The van der Waals surface area contributed by atoms with Gasteiger partial charge < -0.3 is 4.90 Å². The van der Waals surface area contributed by atoms with Crippen molar-refractivity contribution in [1.82, 2.24) is 4.90 Å². The van der Waals surface area contributed by atoms with E-state index in [-0.39, 0.29) is 23.3 Å². The van der Waals surface area contributed by atoms with Crippen LogP contribution < -0.4 is 0 Å². The van der Waals surface area contributed by atoms with Gasteiger partial charge in [-0.05, 0) is 31.4 Å². The Hall–Kier alpha value is -1.38. The molecule has 2 rings (SSSR count). The lowest BCUT2D eigenvalue weighted by Gasteiger charge is -2.31. The van der Waals surface area contributed by atoms with Crippen molar-refractivity contribution in [3.8, 4) is 0 Å². The van der Waals surface area contributed by atoms with Crippen LogP contribution in [0.3, 0.4) is 0 Å². The van der Waals surface area contributed by atoms with Crippen molar-refractivity contribution in [2.45, 2.75) is 45.1 Å². The molecule has 0 aliphatic heterocycles. The van der Waals surface area contributed by atoms with Gasteiger partial charge in [-0.2, -0.15) is 0 Å². The quantitative estimate of drug-likeness (QED) is 0.785. The van der Waals surface area contributed by atoms with Gasteiger partial charge in [0.05, 0.1) is 5.56 Å². The summed E-state index contributed by atoms with van der Waals surface area (Å²) in [5.41, 5.74) is 0.723. The zero-order valence-electron chi connectivity index (χ0n) is 11.1. The molecule has 0 aromatic heterocycles. The third-order valence-corrected chi connectivity index (χ3v) is 3.86. The van der Waals surface area contributed by atoms with Crippen LogP contribution in [0, 0.1) is 12.7 Å². The lowest BCUT2D eigenvalue weighted by Crippen LogP contribution is -2.38. The van der Waals surface area contributed by atoms with E-state index >= 15 is 0 Å². The minimum Gasteiger partial charge on any atom is -0.339 e. The second-order valence-electron chi connectivity index (χ2n) is 5.14. The lowest BCUT2D eigenvalue weighted by atomic mass is 9.94. The van der Waals surface area contributed by atoms with Gasteiger partial charge in [0.1, 0.15) is 5.82 Å². The molecule has 0 heterocycles. The van der Waals surface area contributed by atoms with E-state index in [0.717, 1.165) is 12.8 Å². The van der Waals surface area contributed by atoms with E-state index in [1.807, 2.05) is 0 Å². The molecule has 1 aromatic carbocycles. The molecule has 3 heteroatoms. The fourth-order valence-electron chi connectivity index (χ4n) is 2.64. The highest BCUT2D eigenvalue weighted by atomic mass is 19.1. The first kappa shape index (κ1) is 13.1. The van der Waals surface area contributed by atoms with Gasteiger partial charge in [-0.25, -0.2) is 4.39 Å². The van der Waals surface area contributed by atoms with Gasteiger partial charge in [-0.1, -0.05) is 31.4 Å². The van der Waals surface area contributed by atoms with Gasteiger partial charge in [0.25, 0.3) is 5.91 Å². The van der Waals surface area contributed by atoms with E-state index in [1.54, 1.807) is 37.1 Å². The third-order valence-electron chi connectivity index (χ3n) is 3.86. The van der Waals surface area contributed by atoms with Crippen LogP contribution in [-0.2, 0) is 0 Å². The second kappa shape index (κ2) is 5.51. The van der Waals surface area contributed by atoms with Crippen molar-refractivity contribution in [3.63, 3.8) is 0 Å². The number of hydrogen-bond donors (Lipinski definition) is 0. The van der Waals surface area contributed by atoms with E-state index < -0.39 is 0 Å². The Labute approximate surface area is 108 Å². The minimum atomic E-state index is -0.384. The number of halogens is 1. The molecule has 2 nitrogen and oxygen atoms in total. The summed E-state index contributed by atoms with van der Waals surface area (Å²) in [6.45, 7) is 1.69. The van der Waals surface area contributed by atoms with Gasteiger partial charge in [0, 0.05) is 13.1 Å². The summed E-state index contributed by atoms with van der Waals surface area (Å²) in [5, 5.41) is 0. The Bertz CT molecular complexity index is 438. The fraction of sp³-hybridized carbons (Fsp3) is 0.533. The number of nitrogens with zero attached hydrogens (tertiary/aromatic N) is 1. The van der Waals surface area contributed by atoms with Gasteiger partial charge in [0.2, 0.25) is 0 Å². The molecular formula is C15H20FNO. The fourth-order valence-corrected chi connectivity index (χ4v) is 2.64. The number of amides is 1. The van der Waals surface area contributed by atoms with Crippen molar-refractivity contribution >= 4 is 5.91 Å². The Morgan fingerprint density at radius 3 is 2.61 bits per heavy atom. The molecule has 1 aliphatic carbocycles. The monoisotopic (exact) mass is 249 g/mol. The van der Waals surface area contributed by atoms with E-state index in [9.17, 15) is 9.18 Å². The van der Waals surface area contributed by atoms with Crippen LogP contribution in [0.25, 0.3) is 0 Å². The van der Waals surface area contributed by atoms with Crippen molar-refractivity contribution in [1.29, 1.82) is 0 Å². The Balaban J connectivity index is 2.17. The third kappa shape index (κ3) is 2.55. The Morgan fingerprint density at radius 2 is 1.94 bits per heavy atom. The van der Waals surface area contributed by atoms with Crippen LogP contribution in [0.2, 0.25) is 0 Å². The maximum absolute atomic E-state index is 13.9. The van der Waals surface area contributed by atoms with Crippen molar-refractivity contribution in [2.24, 2.45) is 0 Å². The van der Waals surface area contributed by atoms with E-state index in [4.69, 9.17) is 0 Å². The van der Waals surface area contributed by atoms with Crippen LogP contribution in [-0.4, -0.2) is 23.9 Å². The summed E-state index contributed by atoms with van der Waals surface area (Å²) in [6, 6.07) is 5.27. The maximum atomic E-state index is 13.9. The predicted molar refractivity (Wildman–Crippen MR) is 70.1 cm³/mol. The van der Waals surface area contributed by atoms with Gasteiger partial charge >= 0.3 is 0 Å². The van der Waals surface area contributed by atoms with Gasteiger partial charge in [-0.15, -0.1) is 0 Å². The standard InChI is InChI=1S/C15H20FNO/c1-11-7-6-10-13(14(11)16)15(18)17(2)12-8-4-3-5-9-12/h6-7,10,12H,3-5,8-9H2,1-2H3. The SMILES string of the molecule is Cc1cccc(C(=O)N(C)C2CCCCC2)c1F. The lowest BCUT2D eigenvalue weighted by molar-refractivity contribution is 0.0691. The zero-order valence-corrected chi connectivity index (χ0v) is 11.1. The summed E-state index contributed by atoms with van der Waals surface area (Å²) >= 11 is 0. The van der Waals surface area contributed by atoms with E-state index in [0.29, 0.717) is 5.56 Å². The second-order valence-corrected chi connectivity index (χ2v) is 5.14. The average Bonchev–Trinajstić information content (AvgIpc) is 2.41.